The van der Waals surface area contributed by atoms with Gasteiger partial charge in [0.05, 0.1) is 17.6 Å². The van der Waals surface area contributed by atoms with Crippen LogP contribution in [-0.2, 0) is 6.42 Å². The van der Waals surface area contributed by atoms with Crippen molar-refractivity contribution in [2.45, 2.75) is 19.8 Å². The summed E-state index contributed by atoms with van der Waals surface area (Å²) < 4.78 is 0. The first-order chi connectivity index (χ1) is 16.7. The van der Waals surface area contributed by atoms with Crippen molar-refractivity contribution in [1.82, 2.24) is 15.2 Å². The lowest BCUT2D eigenvalue weighted by Crippen LogP contribution is -2.47. The molecule has 2 aromatic carbocycles. The maximum absolute atomic E-state index is 4.70. The van der Waals surface area contributed by atoms with Crippen LogP contribution in [0.5, 0.6) is 0 Å². The molecular formula is C28H30N6. The van der Waals surface area contributed by atoms with Gasteiger partial charge in [-0.15, -0.1) is 5.10 Å². The molecule has 0 radical (unpaired) electrons. The van der Waals surface area contributed by atoms with Crippen molar-refractivity contribution >= 4 is 28.1 Å². The van der Waals surface area contributed by atoms with Gasteiger partial charge in [-0.1, -0.05) is 68.1 Å². The fraction of sp³-hybridized carbons (Fsp3) is 0.250. The number of nitrogens with zero attached hydrogens (tertiary/aromatic N) is 5. The first kappa shape index (κ1) is 21.9. The molecule has 172 valence electrons. The summed E-state index contributed by atoms with van der Waals surface area (Å²) in [5.74, 6) is 1.97. The van der Waals surface area contributed by atoms with E-state index in [1.54, 1.807) is 0 Å². The van der Waals surface area contributed by atoms with E-state index in [4.69, 9.17) is 5.10 Å². The third-order valence-corrected chi connectivity index (χ3v) is 6.36. The Kier molecular flexibility index (Phi) is 6.38. The van der Waals surface area contributed by atoms with Gasteiger partial charge in [0.1, 0.15) is 5.82 Å². The van der Waals surface area contributed by atoms with Crippen LogP contribution in [0.25, 0.3) is 10.8 Å². The smallest absolute Gasteiger partial charge is 0.159 e. The lowest BCUT2D eigenvalue weighted by atomic mass is 10.0. The summed E-state index contributed by atoms with van der Waals surface area (Å²) in [6.45, 7) is 9.63. The van der Waals surface area contributed by atoms with Crippen molar-refractivity contribution < 1.29 is 0 Å². The molecule has 6 nitrogen and oxygen atoms in total. The molecule has 0 unspecified atom stereocenters. The number of hydrogen-bond acceptors (Lipinski definition) is 6. The van der Waals surface area contributed by atoms with Crippen molar-refractivity contribution in [2.24, 2.45) is 0 Å². The van der Waals surface area contributed by atoms with Crippen LogP contribution >= 0.6 is 0 Å². The number of piperazine rings is 1. The zero-order valence-corrected chi connectivity index (χ0v) is 19.6. The average molecular weight is 451 g/mol. The van der Waals surface area contributed by atoms with Crippen molar-refractivity contribution in [3.05, 3.63) is 96.5 Å². The molecule has 5 rings (SSSR count). The molecule has 1 saturated heterocycles. The molecular weight excluding hydrogens is 420 g/mol. The molecule has 0 amide bonds. The van der Waals surface area contributed by atoms with Crippen LogP contribution in [0, 0.1) is 0 Å². The summed E-state index contributed by atoms with van der Waals surface area (Å²) in [6.07, 6.45) is 3.56. The number of aromatic nitrogens is 3. The molecule has 3 heterocycles. The number of fused-ring (bicyclic) bond motifs is 1. The van der Waals surface area contributed by atoms with Crippen molar-refractivity contribution in [3.63, 3.8) is 0 Å². The second-order valence-corrected chi connectivity index (χ2v) is 8.64. The quantitative estimate of drug-likeness (QED) is 0.414. The lowest BCUT2D eigenvalue weighted by Gasteiger charge is -2.36. The number of benzene rings is 2. The molecule has 0 bridgehead atoms. The minimum absolute atomic E-state index is 0.782. The lowest BCUT2D eigenvalue weighted by molar-refractivity contribution is 0.639. The maximum atomic E-state index is 4.70. The molecule has 34 heavy (non-hydrogen) atoms. The van der Waals surface area contributed by atoms with Crippen LogP contribution in [-0.4, -0.2) is 41.4 Å². The molecule has 1 N–H and O–H groups in total. The molecule has 0 saturated carbocycles. The Hall–Kier alpha value is -3.93. The van der Waals surface area contributed by atoms with Gasteiger partial charge in [-0.25, -0.2) is 4.98 Å². The number of nitrogens with one attached hydrogen (secondary N) is 1. The third kappa shape index (κ3) is 4.71. The second-order valence-electron chi connectivity index (χ2n) is 8.64. The number of anilines is 3. The predicted octanol–water partition coefficient (Wildman–Crippen LogP) is 5.28. The van der Waals surface area contributed by atoms with E-state index in [1.807, 2.05) is 12.3 Å². The Balaban J connectivity index is 1.30. The zero-order chi connectivity index (χ0) is 23.3. The van der Waals surface area contributed by atoms with Crippen molar-refractivity contribution in [3.8, 4) is 0 Å². The highest BCUT2D eigenvalue weighted by atomic mass is 15.3. The summed E-state index contributed by atoms with van der Waals surface area (Å²) in [6, 6.07) is 23.1. The van der Waals surface area contributed by atoms with E-state index in [-0.39, 0.29) is 0 Å². The molecule has 0 atom stereocenters. The van der Waals surface area contributed by atoms with E-state index < -0.39 is 0 Å². The maximum Gasteiger partial charge on any atom is 0.159 e. The fourth-order valence-corrected chi connectivity index (χ4v) is 4.39. The van der Waals surface area contributed by atoms with Crippen LogP contribution < -0.4 is 15.1 Å². The standard InChI is InChI=1S/C28H30N6/c1-3-21(2)30-23-13-14-27(29-20-23)33-15-17-34(18-16-33)28-25-12-8-7-11-24(25)26(31-32-28)19-22-9-5-4-6-10-22/h4-14,20,30H,2-3,15-19H2,1H3. The summed E-state index contributed by atoms with van der Waals surface area (Å²) >= 11 is 0. The largest absolute Gasteiger partial charge is 0.358 e. The van der Waals surface area contributed by atoms with Gasteiger partial charge in [0.25, 0.3) is 0 Å². The molecule has 1 aliphatic rings. The topological polar surface area (TPSA) is 57.2 Å². The Labute approximate surface area is 201 Å². The zero-order valence-electron chi connectivity index (χ0n) is 19.6. The van der Waals surface area contributed by atoms with Gasteiger partial charge in [-0.3, -0.25) is 0 Å². The highest BCUT2D eigenvalue weighted by molar-refractivity contribution is 5.93. The van der Waals surface area contributed by atoms with Gasteiger partial charge in [0.2, 0.25) is 0 Å². The van der Waals surface area contributed by atoms with Crippen LogP contribution in [0.3, 0.4) is 0 Å². The highest BCUT2D eigenvalue weighted by Gasteiger charge is 2.22. The van der Waals surface area contributed by atoms with E-state index in [9.17, 15) is 0 Å². The Morgan fingerprint density at radius 1 is 0.853 bits per heavy atom. The average Bonchev–Trinajstić information content (AvgIpc) is 2.90. The Bertz CT molecular complexity index is 1260. The van der Waals surface area contributed by atoms with Gasteiger partial charge in [0.15, 0.2) is 5.82 Å². The molecule has 0 aliphatic carbocycles. The van der Waals surface area contributed by atoms with E-state index in [0.29, 0.717) is 0 Å². The van der Waals surface area contributed by atoms with Gasteiger partial charge >= 0.3 is 0 Å². The minimum Gasteiger partial charge on any atom is -0.358 e. The molecule has 2 aromatic heterocycles. The molecule has 4 aromatic rings. The SMILES string of the molecule is C=C(CC)Nc1ccc(N2CCN(c3nnc(Cc4ccccc4)c4ccccc34)CC2)nc1. The summed E-state index contributed by atoms with van der Waals surface area (Å²) in [5, 5.41) is 15.0. The van der Waals surface area contributed by atoms with Crippen LogP contribution in [0.2, 0.25) is 0 Å². The molecule has 1 fully saturated rings. The third-order valence-electron chi connectivity index (χ3n) is 6.36. The Morgan fingerprint density at radius 2 is 1.56 bits per heavy atom. The first-order valence-corrected chi connectivity index (χ1v) is 11.9. The van der Waals surface area contributed by atoms with Gasteiger partial charge in [-0.2, -0.15) is 5.10 Å². The van der Waals surface area contributed by atoms with Crippen LogP contribution in [0.1, 0.15) is 24.6 Å². The van der Waals surface area contributed by atoms with Crippen LogP contribution in [0.15, 0.2) is 85.2 Å². The number of rotatable bonds is 7. The summed E-state index contributed by atoms with van der Waals surface area (Å²) in [7, 11) is 0. The molecule has 1 aliphatic heterocycles. The fourth-order valence-electron chi connectivity index (χ4n) is 4.39. The van der Waals surface area contributed by atoms with E-state index in [1.165, 1.54) is 16.3 Å². The second kappa shape index (κ2) is 9.91. The van der Waals surface area contributed by atoms with E-state index in [0.717, 1.165) is 67.7 Å². The minimum atomic E-state index is 0.782. The monoisotopic (exact) mass is 450 g/mol. The van der Waals surface area contributed by atoms with E-state index in [2.05, 4.69) is 99.4 Å². The number of pyridine rings is 1. The van der Waals surface area contributed by atoms with Crippen molar-refractivity contribution in [2.75, 3.05) is 41.3 Å². The first-order valence-electron chi connectivity index (χ1n) is 11.9. The number of allylic oxidation sites excluding steroid dienone is 1. The number of hydrogen-bond donors (Lipinski definition) is 1. The van der Waals surface area contributed by atoms with Crippen molar-refractivity contribution in [1.29, 1.82) is 0 Å². The highest BCUT2D eigenvalue weighted by Crippen LogP contribution is 2.28. The van der Waals surface area contributed by atoms with E-state index >= 15 is 0 Å². The van der Waals surface area contributed by atoms with Gasteiger partial charge in [-0.05, 0) is 24.1 Å². The molecule has 0 spiro atoms. The Morgan fingerprint density at radius 3 is 2.26 bits per heavy atom. The van der Waals surface area contributed by atoms with Crippen LogP contribution in [0.4, 0.5) is 17.3 Å². The normalized spacial score (nSPS) is 13.8. The van der Waals surface area contributed by atoms with Gasteiger partial charge < -0.3 is 15.1 Å². The predicted molar refractivity (Wildman–Crippen MR) is 141 cm³/mol. The molecule has 6 heteroatoms. The summed E-state index contributed by atoms with van der Waals surface area (Å²) in [4.78, 5) is 9.34. The summed E-state index contributed by atoms with van der Waals surface area (Å²) in [5.41, 5.74) is 4.24. The van der Waals surface area contributed by atoms with Gasteiger partial charge in [0, 0.05) is 49.1 Å².